The topological polar surface area (TPSA) is 176 Å². The van der Waals surface area contributed by atoms with E-state index in [0.717, 1.165) is 24.4 Å². The van der Waals surface area contributed by atoms with Crippen molar-refractivity contribution in [2.75, 3.05) is 45.2 Å². The first-order valence-corrected chi connectivity index (χ1v) is 21.7. The first-order valence-electron chi connectivity index (χ1n) is 20.3. The predicted octanol–water partition coefficient (Wildman–Crippen LogP) is 7.09. The van der Waals surface area contributed by atoms with Gasteiger partial charge < -0.3 is 35.7 Å². The monoisotopic (exact) mass is 799 g/mol. The number of rotatable bonds is 21. The molecule has 2 aromatic carbocycles. The van der Waals surface area contributed by atoms with Crippen LogP contribution in [0.15, 0.2) is 59.5 Å². The van der Waals surface area contributed by atoms with Crippen LogP contribution in [-0.4, -0.2) is 88.4 Å². The molecule has 2 saturated heterocycles. The van der Waals surface area contributed by atoms with E-state index in [9.17, 15) is 18.3 Å². The number of hydrogen-bond acceptors (Lipinski definition) is 10. The Bertz CT molecular complexity index is 1620. The van der Waals surface area contributed by atoms with Crippen LogP contribution in [0.3, 0.4) is 0 Å². The van der Waals surface area contributed by atoms with Crippen LogP contribution in [0, 0.1) is 34.0 Å². The Labute approximate surface area is 336 Å². The fourth-order valence-electron chi connectivity index (χ4n) is 7.72. The predicted molar refractivity (Wildman–Crippen MR) is 221 cm³/mol. The molecule has 4 rings (SSSR count). The van der Waals surface area contributed by atoms with Crippen molar-refractivity contribution in [2.24, 2.45) is 28.4 Å². The van der Waals surface area contributed by atoms with Crippen molar-refractivity contribution in [1.82, 2.24) is 9.62 Å². The van der Waals surface area contributed by atoms with Gasteiger partial charge in [0, 0.05) is 32.2 Å². The third kappa shape index (κ3) is 15.6. The molecular formula is C43H69N5O7S. The van der Waals surface area contributed by atoms with E-state index in [1.54, 1.807) is 25.2 Å². The van der Waals surface area contributed by atoms with Gasteiger partial charge in [0.05, 0.1) is 42.2 Å². The number of sulfonamides is 1. The number of carbonyl (C=O) groups excluding carboxylic acids is 1. The number of alkyl carbamates (subject to hydrolysis) is 1. The average molecular weight is 800 g/mol. The number of nitrogens with zero attached hydrogens (tertiary/aromatic N) is 2. The second-order valence-electron chi connectivity index (χ2n) is 17.2. The van der Waals surface area contributed by atoms with Crippen LogP contribution in [-0.2, 0) is 30.7 Å². The molecule has 0 saturated carbocycles. The SMILES string of the molecule is CC(C)CC(C)(C)CCCCN.CNc1cccc(S(=O)(=O)N(CC(O)[C@H](Cc2ccccc2)NC(=O)OC2COC3OCCC23)CC(C)(C)CCCC#N)c1. The molecule has 0 aliphatic carbocycles. The van der Waals surface area contributed by atoms with E-state index in [4.69, 9.17) is 25.2 Å². The average Bonchev–Trinajstić information content (AvgIpc) is 3.76. The molecule has 2 aliphatic heterocycles. The van der Waals surface area contributed by atoms with Crippen molar-refractivity contribution < 1.29 is 32.5 Å². The number of anilines is 1. The molecule has 2 heterocycles. The maximum absolute atomic E-state index is 14.1. The van der Waals surface area contributed by atoms with Crippen molar-refractivity contribution in [3.63, 3.8) is 0 Å². The Balaban J connectivity index is 0.000000604. The van der Waals surface area contributed by atoms with Crippen LogP contribution < -0.4 is 16.4 Å². The molecule has 0 spiro atoms. The number of amides is 1. The molecule has 0 radical (unpaired) electrons. The smallest absolute Gasteiger partial charge is 0.407 e. The third-order valence-electron chi connectivity index (χ3n) is 10.5. The van der Waals surface area contributed by atoms with Gasteiger partial charge in [0.2, 0.25) is 10.0 Å². The summed E-state index contributed by atoms with van der Waals surface area (Å²) in [5.74, 6) is 0.772. The summed E-state index contributed by atoms with van der Waals surface area (Å²) in [5.41, 5.74) is 6.98. The van der Waals surface area contributed by atoms with Crippen LogP contribution >= 0.6 is 0 Å². The quantitative estimate of drug-likeness (QED) is 0.0955. The number of aliphatic hydroxyl groups is 1. The zero-order chi connectivity index (χ0) is 41.4. The van der Waals surface area contributed by atoms with Crippen LogP contribution in [0.2, 0.25) is 0 Å². The van der Waals surface area contributed by atoms with E-state index in [1.807, 2.05) is 44.2 Å². The lowest BCUT2D eigenvalue weighted by molar-refractivity contribution is -0.0907. The maximum Gasteiger partial charge on any atom is 0.407 e. The second kappa shape index (κ2) is 22.6. The van der Waals surface area contributed by atoms with Gasteiger partial charge in [0.15, 0.2) is 6.29 Å². The second-order valence-corrected chi connectivity index (χ2v) is 19.2. The molecular weight excluding hydrogens is 731 g/mol. The lowest BCUT2D eigenvalue weighted by Crippen LogP contribution is -2.52. The first kappa shape index (κ1) is 47.1. The van der Waals surface area contributed by atoms with E-state index < -0.39 is 39.8 Å². The highest BCUT2D eigenvalue weighted by atomic mass is 32.2. The maximum atomic E-state index is 14.1. The minimum Gasteiger partial charge on any atom is -0.443 e. The number of benzene rings is 2. The highest BCUT2D eigenvalue weighted by Gasteiger charge is 2.44. The Morgan fingerprint density at radius 1 is 1.05 bits per heavy atom. The first-order chi connectivity index (χ1) is 26.5. The number of nitriles is 1. The summed E-state index contributed by atoms with van der Waals surface area (Å²) < 4.78 is 46.3. The van der Waals surface area contributed by atoms with Gasteiger partial charge >= 0.3 is 6.09 Å². The number of nitrogens with two attached hydrogens (primary N) is 1. The van der Waals surface area contributed by atoms with Crippen LogP contribution in [0.4, 0.5) is 10.5 Å². The van der Waals surface area contributed by atoms with Gasteiger partial charge in [-0.3, -0.25) is 0 Å². The van der Waals surface area contributed by atoms with Gasteiger partial charge in [0.1, 0.15) is 6.10 Å². The molecule has 12 nitrogen and oxygen atoms in total. The number of nitrogens with one attached hydrogen (secondary N) is 2. The number of aliphatic hydroxyl groups excluding tert-OH is 1. The standard InChI is InChI=1S/C32H44N4O7S.C11H25N/c1-32(2,15-7-8-16-33)22-36(44(39,40)25-13-9-12-24(19-25)34-3)20-28(37)27(18-23-10-5-4-6-11-23)35-31(38)43-29-21-42-30-26(29)14-17-41-30;1-10(2)9-11(3,4)7-5-6-8-12/h4-6,9-13,19,26-30,34,37H,7-8,14-15,17-18,20-22H2,1-3H3,(H,35,38);10H,5-9,12H2,1-4H3/t26?,27-,28?,29?,30?;/m0./s1. The molecule has 4 unspecified atom stereocenters. The summed E-state index contributed by atoms with van der Waals surface area (Å²) >= 11 is 0. The van der Waals surface area contributed by atoms with Gasteiger partial charge in [-0.2, -0.15) is 9.57 Å². The van der Waals surface area contributed by atoms with Gasteiger partial charge in [-0.15, -0.1) is 0 Å². The van der Waals surface area contributed by atoms with Gasteiger partial charge in [-0.1, -0.05) is 84.4 Å². The van der Waals surface area contributed by atoms with E-state index in [2.05, 4.69) is 44.4 Å². The summed E-state index contributed by atoms with van der Waals surface area (Å²) in [6, 6.07) is 17.2. The van der Waals surface area contributed by atoms with Gasteiger partial charge in [0.25, 0.3) is 0 Å². The van der Waals surface area contributed by atoms with Crippen molar-refractivity contribution in [3.8, 4) is 6.07 Å². The summed E-state index contributed by atoms with van der Waals surface area (Å²) in [4.78, 5) is 13.2. The summed E-state index contributed by atoms with van der Waals surface area (Å²) in [7, 11) is -2.35. The van der Waals surface area contributed by atoms with E-state index in [1.165, 1.54) is 36.1 Å². The number of unbranched alkanes of at least 4 members (excludes halogenated alkanes) is 2. The Kier molecular flexibility index (Phi) is 19.0. The molecule has 2 aromatic rings. The molecule has 2 aliphatic rings. The molecule has 5 atom stereocenters. The fraction of sp³-hybridized carbons (Fsp3) is 0.674. The molecule has 0 aromatic heterocycles. The molecule has 2 fully saturated rings. The van der Waals surface area contributed by atoms with Crippen molar-refractivity contribution in [1.29, 1.82) is 5.26 Å². The third-order valence-corrected chi connectivity index (χ3v) is 12.3. The summed E-state index contributed by atoms with van der Waals surface area (Å²) in [6.07, 6.45) is 4.88. The van der Waals surface area contributed by atoms with E-state index in [0.29, 0.717) is 37.0 Å². The van der Waals surface area contributed by atoms with Crippen molar-refractivity contribution in [2.45, 2.75) is 129 Å². The zero-order valence-electron chi connectivity index (χ0n) is 34.8. The normalized spacial score (nSPS) is 19.4. The Hall–Kier alpha value is -3.25. The van der Waals surface area contributed by atoms with Crippen LogP contribution in [0.1, 0.15) is 98.5 Å². The highest BCUT2D eigenvalue weighted by molar-refractivity contribution is 7.89. The molecule has 314 valence electrons. The van der Waals surface area contributed by atoms with Crippen molar-refractivity contribution in [3.05, 3.63) is 60.2 Å². The number of hydrogen-bond donors (Lipinski definition) is 4. The minimum atomic E-state index is -4.06. The molecule has 5 N–H and O–H groups in total. The lowest BCUT2D eigenvalue weighted by atomic mass is 9.80. The largest absolute Gasteiger partial charge is 0.443 e. The summed E-state index contributed by atoms with van der Waals surface area (Å²) in [6.45, 7) is 14.7. The Morgan fingerprint density at radius 3 is 2.43 bits per heavy atom. The minimum absolute atomic E-state index is 0.0458. The molecule has 56 heavy (non-hydrogen) atoms. The number of carbonyl (C=O) groups is 1. The highest BCUT2D eigenvalue weighted by Crippen LogP contribution is 2.34. The lowest BCUT2D eigenvalue weighted by Gasteiger charge is -2.35. The fourth-order valence-corrected chi connectivity index (χ4v) is 9.42. The van der Waals surface area contributed by atoms with E-state index in [-0.39, 0.29) is 43.2 Å². The van der Waals surface area contributed by atoms with Gasteiger partial charge in [-0.05, 0) is 92.0 Å². The molecule has 1 amide bonds. The molecule has 13 heteroatoms. The van der Waals surface area contributed by atoms with Gasteiger partial charge in [-0.25, -0.2) is 13.2 Å². The van der Waals surface area contributed by atoms with Crippen LogP contribution in [0.25, 0.3) is 0 Å². The number of fused-ring (bicyclic) bond motifs is 1. The van der Waals surface area contributed by atoms with E-state index >= 15 is 0 Å². The summed E-state index contributed by atoms with van der Waals surface area (Å²) in [5, 5.41) is 26.5. The van der Waals surface area contributed by atoms with Crippen molar-refractivity contribution >= 4 is 21.8 Å². The zero-order valence-corrected chi connectivity index (χ0v) is 35.7. The number of ether oxygens (including phenoxy) is 3. The Morgan fingerprint density at radius 2 is 1.77 bits per heavy atom. The van der Waals surface area contributed by atoms with Crippen LogP contribution in [0.5, 0.6) is 0 Å². The molecule has 0 bridgehead atoms.